The molecule has 0 aliphatic rings. The molecule has 0 bridgehead atoms. The first-order valence-electron chi connectivity index (χ1n) is 4.77. The largest absolute Gasteiger partial charge is 0.472 e. The summed E-state index contributed by atoms with van der Waals surface area (Å²) in [6.07, 6.45) is 4.75. The van der Waals surface area contributed by atoms with Crippen molar-refractivity contribution in [1.29, 1.82) is 0 Å². The van der Waals surface area contributed by atoms with Gasteiger partial charge in [0.1, 0.15) is 6.26 Å². The molecule has 0 radical (unpaired) electrons. The molecule has 1 aromatic heterocycles. The molecule has 0 aliphatic carbocycles. The first-order chi connectivity index (χ1) is 6.74. The van der Waals surface area contributed by atoms with Gasteiger partial charge >= 0.3 is 0 Å². The second-order valence-corrected chi connectivity index (χ2v) is 3.32. The molecule has 1 aromatic rings. The molecule has 4 heteroatoms. The molecule has 0 saturated heterocycles. The van der Waals surface area contributed by atoms with Crippen LogP contribution in [0.1, 0.15) is 30.1 Å². The third-order valence-corrected chi connectivity index (χ3v) is 2.00. The van der Waals surface area contributed by atoms with Gasteiger partial charge in [-0.3, -0.25) is 4.79 Å². The predicted molar refractivity (Wildman–Crippen MR) is 53.9 cm³/mol. The van der Waals surface area contributed by atoms with Gasteiger partial charge in [0.15, 0.2) is 0 Å². The lowest BCUT2D eigenvalue weighted by molar-refractivity contribution is 0.0937. The second kappa shape index (κ2) is 5.44. The summed E-state index contributed by atoms with van der Waals surface area (Å²) >= 11 is 0. The Hall–Kier alpha value is -1.29. The normalized spacial score (nSPS) is 12.4. The van der Waals surface area contributed by atoms with Gasteiger partial charge in [0.25, 0.3) is 5.91 Å². The molecule has 0 saturated carbocycles. The lowest BCUT2D eigenvalue weighted by Gasteiger charge is -2.11. The van der Waals surface area contributed by atoms with Crippen molar-refractivity contribution in [3.05, 3.63) is 24.2 Å². The van der Waals surface area contributed by atoms with Gasteiger partial charge in [-0.2, -0.15) is 0 Å². The summed E-state index contributed by atoms with van der Waals surface area (Å²) < 4.78 is 4.82. The van der Waals surface area contributed by atoms with Crippen molar-refractivity contribution >= 4 is 5.91 Å². The molecule has 1 atom stereocenters. The highest BCUT2D eigenvalue weighted by molar-refractivity contribution is 5.93. The number of furan rings is 1. The summed E-state index contributed by atoms with van der Waals surface area (Å²) in [5, 5.41) is 2.86. The van der Waals surface area contributed by atoms with Crippen LogP contribution in [0, 0.1) is 0 Å². The van der Waals surface area contributed by atoms with Crippen LogP contribution < -0.4 is 11.1 Å². The molecule has 1 heterocycles. The Morgan fingerprint density at radius 2 is 2.50 bits per heavy atom. The summed E-state index contributed by atoms with van der Waals surface area (Å²) in [7, 11) is 0. The number of nitrogens with one attached hydrogen (secondary N) is 1. The quantitative estimate of drug-likeness (QED) is 0.742. The van der Waals surface area contributed by atoms with Crippen molar-refractivity contribution in [2.75, 3.05) is 6.54 Å². The standard InChI is InChI=1S/C10H16N2O2/c1-8(3-2-5-11)12-10(13)9-4-6-14-7-9/h4,6-8H,2-3,5,11H2,1H3,(H,12,13). The minimum atomic E-state index is -0.0942. The van der Waals surface area contributed by atoms with E-state index in [4.69, 9.17) is 10.2 Å². The Kier molecular flexibility index (Phi) is 4.19. The van der Waals surface area contributed by atoms with E-state index in [1.54, 1.807) is 6.07 Å². The zero-order valence-electron chi connectivity index (χ0n) is 8.32. The molecule has 4 nitrogen and oxygen atoms in total. The average molecular weight is 196 g/mol. The predicted octanol–water partition coefficient (Wildman–Crippen LogP) is 1.14. The zero-order valence-corrected chi connectivity index (χ0v) is 8.32. The average Bonchev–Trinajstić information content (AvgIpc) is 2.67. The van der Waals surface area contributed by atoms with Gasteiger partial charge < -0.3 is 15.5 Å². The third kappa shape index (κ3) is 3.22. The Bertz CT molecular complexity index is 270. The maximum atomic E-state index is 11.5. The smallest absolute Gasteiger partial charge is 0.254 e. The van der Waals surface area contributed by atoms with Crippen LogP contribution in [0.4, 0.5) is 0 Å². The summed E-state index contributed by atoms with van der Waals surface area (Å²) in [4.78, 5) is 11.5. The molecule has 1 amide bonds. The number of nitrogens with two attached hydrogens (primary N) is 1. The van der Waals surface area contributed by atoms with Crippen molar-refractivity contribution in [3.63, 3.8) is 0 Å². The number of hydrogen-bond acceptors (Lipinski definition) is 3. The lowest BCUT2D eigenvalue weighted by atomic mass is 10.1. The highest BCUT2D eigenvalue weighted by Gasteiger charge is 2.09. The summed E-state index contributed by atoms with van der Waals surface area (Å²) in [5.41, 5.74) is 5.93. The fraction of sp³-hybridized carbons (Fsp3) is 0.500. The van der Waals surface area contributed by atoms with Crippen molar-refractivity contribution in [2.24, 2.45) is 5.73 Å². The second-order valence-electron chi connectivity index (χ2n) is 3.32. The molecular weight excluding hydrogens is 180 g/mol. The van der Waals surface area contributed by atoms with Gasteiger partial charge in [-0.1, -0.05) is 0 Å². The molecule has 78 valence electrons. The van der Waals surface area contributed by atoms with Crippen molar-refractivity contribution in [1.82, 2.24) is 5.32 Å². The van der Waals surface area contributed by atoms with E-state index in [9.17, 15) is 4.79 Å². The monoisotopic (exact) mass is 196 g/mol. The Balaban J connectivity index is 2.34. The van der Waals surface area contributed by atoms with Gasteiger partial charge in [-0.15, -0.1) is 0 Å². The van der Waals surface area contributed by atoms with Gasteiger partial charge in [0.05, 0.1) is 11.8 Å². The van der Waals surface area contributed by atoms with Gasteiger partial charge in [-0.05, 0) is 32.4 Å². The van der Waals surface area contributed by atoms with Crippen LogP contribution in [0.2, 0.25) is 0 Å². The van der Waals surface area contributed by atoms with Gasteiger partial charge in [-0.25, -0.2) is 0 Å². The van der Waals surface area contributed by atoms with Crippen LogP contribution >= 0.6 is 0 Å². The van der Waals surface area contributed by atoms with Crippen LogP contribution in [0.25, 0.3) is 0 Å². The summed E-state index contributed by atoms with van der Waals surface area (Å²) in [5.74, 6) is -0.0942. The van der Waals surface area contributed by atoms with E-state index in [1.807, 2.05) is 6.92 Å². The van der Waals surface area contributed by atoms with E-state index < -0.39 is 0 Å². The molecular formula is C10H16N2O2. The first kappa shape index (κ1) is 10.8. The highest BCUT2D eigenvalue weighted by atomic mass is 16.3. The number of amides is 1. The van der Waals surface area contributed by atoms with Crippen LogP contribution in [-0.2, 0) is 0 Å². The van der Waals surface area contributed by atoms with E-state index >= 15 is 0 Å². The van der Waals surface area contributed by atoms with E-state index in [2.05, 4.69) is 5.32 Å². The Morgan fingerprint density at radius 1 is 1.71 bits per heavy atom. The summed E-state index contributed by atoms with van der Waals surface area (Å²) in [6, 6.07) is 1.80. The first-order valence-corrected chi connectivity index (χ1v) is 4.77. The minimum Gasteiger partial charge on any atom is -0.472 e. The van der Waals surface area contributed by atoms with E-state index in [0.717, 1.165) is 12.8 Å². The van der Waals surface area contributed by atoms with E-state index in [0.29, 0.717) is 12.1 Å². The van der Waals surface area contributed by atoms with Crippen molar-refractivity contribution in [2.45, 2.75) is 25.8 Å². The fourth-order valence-electron chi connectivity index (χ4n) is 1.20. The molecule has 0 aromatic carbocycles. The molecule has 1 rings (SSSR count). The van der Waals surface area contributed by atoms with Crippen LogP contribution in [0.15, 0.2) is 23.0 Å². The summed E-state index contributed by atoms with van der Waals surface area (Å²) in [6.45, 7) is 2.62. The number of carbonyl (C=O) groups excluding carboxylic acids is 1. The van der Waals surface area contributed by atoms with E-state index in [-0.39, 0.29) is 11.9 Å². The Labute approximate surface area is 83.5 Å². The fourth-order valence-corrected chi connectivity index (χ4v) is 1.20. The highest BCUT2D eigenvalue weighted by Crippen LogP contribution is 2.01. The number of carbonyl (C=O) groups is 1. The maximum absolute atomic E-state index is 11.5. The molecule has 0 aliphatic heterocycles. The third-order valence-electron chi connectivity index (χ3n) is 2.00. The van der Waals surface area contributed by atoms with Gasteiger partial charge in [0, 0.05) is 6.04 Å². The maximum Gasteiger partial charge on any atom is 0.254 e. The van der Waals surface area contributed by atoms with Crippen molar-refractivity contribution < 1.29 is 9.21 Å². The number of rotatable bonds is 5. The SMILES string of the molecule is CC(CCCN)NC(=O)c1ccoc1. The molecule has 14 heavy (non-hydrogen) atoms. The van der Waals surface area contributed by atoms with Crippen LogP contribution in [0.5, 0.6) is 0 Å². The Morgan fingerprint density at radius 3 is 3.07 bits per heavy atom. The van der Waals surface area contributed by atoms with Crippen LogP contribution in [0.3, 0.4) is 0 Å². The topological polar surface area (TPSA) is 68.3 Å². The molecule has 0 spiro atoms. The van der Waals surface area contributed by atoms with Gasteiger partial charge in [0.2, 0.25) is 0 Å². The van der Waals surface area contributed by atoms with Crippen LogP contribution in [-0.4, -0.2) is 18.5 Å². The lowest BCUT2D eigenvalue weighted by Crippen LogP contribution is -2.32. The zero-order chi connectivity index (χ0) is 10.4. The molecule has 3 N–H and O–H groups in total. The molecule has 1 unspecified atom stereocenters. The van der Waals surface area contributed by atoms with Crippen molar-refractivity contribution in [3.8, 4) is 0 Å². The van der Waals surface area contributed by atoms with E-state index in [1.165, 1.54) is 12.5 Å². The minimum absolute atomic E-state index is 0.0942. The number of hydrogen-bond donors (Lipinski definition) is 2. The molecule has 0 fully saturated rings.